The summed E-state index contributed by atoms with van der Waals surface area (Å²) in [6, 6.07) is 6.99. The van der Waals surface area contributed by atoms with Gasteiger partial charge in [-0.2, -0.15) is 0 Å². The summed E-state index contributed by atoms with van der Waals surface area (Å²) >= 11 is 0. The molecule has 0 aliphatic rings. The zero-order valence-corrected chi connectivity index (χ0v) is 11.0. The average molecular weight is 272 g/mol. The van der Waals surface area contributed by atoms with E-state index in [2.05, 4.69) is 5.16 Å². The van der Waals surface area contributed by atoms with Gasteiger partial charge in [-0.25, -0.2) is 4.79 Å². The van der Waals surface area contributed by atoms with Crippen LogP contribution in [0.4, 0.5) is 0 Å². The molecule has 0 atom stereocenters. The van der Waals surface area contributed by atoms with Crippen molar-refractivity contribution in [1.29, 1.82) is 0 Å². The molecule has 0 radical (unpaired) electrons. The Morgan fingerprint density at radius 2 is 2.20 bits per heavy atom. The first-order valence-corrected chi connectivity index (χ1v) is 5.94. The molecule has 3 aromatic rings. The lowest BCUT2D eigenvalue weighted by Gasteiger charge is -2.07. The number of methoxy groups -OCH3 is 1. The van der Waals surface area contributed by atoms with Gasteiger partial charge in [-0.15, -0.1) is 0 Å². The number of hydrogen-bond acceptors (Lipinski definition) is 4. The summed E-state index contributed by atoms with van der Waals surface area (Å²) in [7, 11) is 3.52. The van der Waals surface area contributed by atoms with E-state index in [4.69, 9.17) is 14.4 Å². The molecule has 1 aromatic carbocycles. The number of fused-ring (bicyclic) bond motifs is 1. The van der Waals surface area contributed by atoms with Crippen molar-refractivity contribution in [3.05, 3.63) is 36.2 Å². The van der Waals surface area contributed by atoms with Gasteiger partial charge in [-0.1, -0.05) is 5.16 Å². The Morgan fingerprint density at radius 1 is 1.40 bits per heavy atom. The molecule has 0 saturated heterocycles. The van der Waals surface area contributed by atoms with E-state index in [0.29, 0.717) is 5.76 Å². The van der Waals surface area contributed by atoms with E-state index in [1.807, 2.05) is 36.0 Å². The minimum absolute atomic E-state index is 0.111. The molecule has 0 aliphatic heterocycles. The third kappa shape index (κ3) is 1.73. The lowest BCUT2D eigenvalue weighted by molar-refractivity contribution is 0.0686. The van der Waals surface area contributed by atoms with E-state index in [1.54, 1.807) is 7.11 Å². The van der Waals surface area contributed by atoms with Crippen molar-refractivity contribution < 1.29 is 19.2 Å². The lowest BCUT2D eigenvalue weighted by atomic mass is 10.1. The molecule has 2 aromatic heterocycles. The fraction of sp³-hybridized carbons (Fsp3) is 0.143. The number of carbonyl (C=O) groups is 1. The van der Waals surface area contributed by atoms with Gasteiger partial charge in [0, 0.05) is 30.3 Å². The molecule has 102 valence electrons. The van der Waals surface area contributed by atoms with Gasteiger partial charge in [0.1, 0.15) is 5.75 Å². The minimum Gasteiger partial charge on any atom is -0.495 e. The molecule has 1 N–H and O–H groups in total. The Kier molecular flexibility index (Phi) is 2.71. The third-order valence-electron chi connectivity index (χ3n) is 3.21. The molecule has 0 fully saturated rings. The van der Waals surface area contributed by atoms with Crippen LogP contribution in [0.15, 0.2) is 35.0 Å². The van der Waals surface area contributed by atoms with Crippen LogP contribution in [0, 0.1) is 0 Å². The van der Waals surface area contributed by atoms with Crippen LogP contribution in [-0.4, -0.2) is 27.9 Å². The predicted octanol–water partition coefficient (Wildman–Crippen LogP) is 2.54. The van der Waals surface area contributed by atoms with Crippen LogP contribution in [0.25, 0.3) is 22.2 Å². The highest BCUT2D eigenvalue weighted by atomic mass is 16.5. The van der Waals surface area contributed by atoms with E-state index in [-0.39, 0.29) is 5.69 Å². The molecular formula is C14H12N2O4. The molecular weight excluding hydrogens is 260 g/mol. The summed E-state index contributed by atoms with van der Waals surface area (Å²) in [4.78, 5) is 10.9. The van der Waals surface area contributed by atoms with Crippen LogP contribution in [0.1, 0.15) is 10.5 Å². The highest BCUT2D eigenvalue weighted by Gasteiger charge is 2.17. The molecule has 6 heteroatoms. The second kappa shape index (κ2) is 4.41. The maximum Gasteiger partial charge on any atom is 0.358 e. The van der Waals surface area contributed by atoms with Gasteiger partial charge in [0.2, 0.25) is 0 Å². The average Bonchev–Trinajstić information content (AvgIpc) is 3.06. The van der Waals surface area contributed by atoms with Crippen molar-refractivity contribution >= 4 is 16.9 Å². The fourth-order valence-electron chi connectivity index (χ4n) is 2.26. The Labute approximate surface area is 114 Å². The van der Waals surface area contributed by atoms with Crippen LogP contribution in [-0.2, 0) is 7.05 Å². The zero-order valence-electron chi connectivity index (χ0n) is 11.0. The van der Waals surface area contributed by atoms with Crippen molar-refractivity contribution in [2.45, 2.75) is 0 Å². The summed E-state index contributed by atoms with van der Waals surface area (Å²) in [6.45, 7) is 0. The molecule has 6 nitrogen and oxygen atoms in total. The number of rotatable bonds is 3. The molecule has 0 unspecified atom stereocenters. The zero-order chi connectivity index (χ0) is 14.3. The number of carboxylic acids is 1. The Morgan fingerprint density at radius 3 is 2.85 bits per heavy atom. The number of nitrogens with zero attached hydrogens (tertiary/aromatic N) is 2. The molecule has 3 rings (SSSR count). The largest absolute Gasteiger partial charge is 0.495 e. The molecule has 0 saturated carbocycles. The first kappa shape index (κ1) is 12.3. The highest BCUT2D eigenvalue weighted by Crippen LogP contribution is 2.35. The summed E-state index contributed by atoms with van der Waals surface area (Å²) in [6.07, 6.45) is 1.91. The molecule has 0 spiro atoms. The number of aromatic carboxylic acids is 1. The number of benzene rings is 1. The van der Waals surface area contributed by atoms with E-state index in [0.717, 1.165) is 22.2 Å². The Balaban J connectivity index is 2.23. The summed E-state index contributed by atoms with van der Waals surface area (Å²) in [5.74, 6) is 0.0493. The fourth-order valence-corrected chi connectivity index (χ4v) is 2.26. The smallest absolute Gasteiger partial charge is 0.358 e. The molecule has 20 heavy (non-hydrogen) atoms. The highest BCUT2D eigenvalue weighted by molar-refractivity contribution is 5.98. The third-order valence-corrected chi connectivity index (χ3v) is 3.21. The lowest BCUT2D eigenvalue weighted by Crippen LogP contribution is -1.94. The summed E-state index contributed by atoms with van der Waals surface area (Å²) < 4.78 is 12.4. The van der Waals surface area contributed by atoms with Gasteiger partial charge >= 0.3 is 5.97 Å². The van der Waals surface area contributed by atoms with Crippen LogP contribution in [0.5, 0.6) is 5.75 Å². The van der Waals surface area contributed by atoms with Gasteiger partial charge in [0.25, 0.3) is 0 Å². The summed E-state index contributed by atoms with van der Waals surface area (Å²) in [5.41, 5.74) is 1.58. The van der Waals surface area contributed by atoms with E-state index in [9.17, 15) is 4.79 Å². The Hall–Kier alpha value is -2.76. The minimum atomic E-state index is -1.11. The second-order valence-corrected chi connectivity index (χ2v) is 4.39. The topological polar surface area (TPSA) is 77.5 Å². The van der Waals surface area contributed by atoms with E-state index < -0.39 is 5.97 Å². The van der Waals surface area contributed by atoms with Crippen molar-refractivity contribution in [3.8, 4) is 17.1 Å². The molecule has 0 bridgehead atoms. The normalized spacial score (nSPS) is 10.9. The van der Waals surface area contributed by atoms with Gasteiger partial charge in [0.05, 0.1) is 12.6 Å². The first-order chi connectivity index (χ1) is 9.61. The molecule has 2 heterocycles. The maximum absolute atomic E-state index is 10.9. The van der Waals surface area contributed by atoms with Crippen molar-refractivity contribution in [3.63, 3.8) is 0 Å². The molecule has 0 amide bonds. The maximum atomic E-state index is 10.9. The van der Waals surface area contributed by atoms with Gasteiger partial charge < -0.3 is 18.9 Å². The Bertz CT molecular complexity index is 801. The van der Waals surface area contributed by atoms with Crippen molar-refractivity contribution in [2.24, 2.45) is 7.05 Å². The second-order valence-electron chi connectivity index (χ2n) is 4.39. The van der Waals surface area contributed by atoms with Crippen LogP contribution in [0.2, 0.25) is 0 Å². The van der Waals surface area contributed by atoms with Gasteiger partial charge in [-0.3, -0.25) is 0 Å². The number of ether oxygens (including phenoxy) is 1. The van der Waals surface area contributed by atoms with Gasteiger partial charge in [0.15, 0.2) is 11.5 Å². The SMILES string of the molecule is COc1ccc(-c2cc(C(=O)O)no2)c2ccn(C)c12. The van der Waals surface area contributed by atoms with Crippen molar-refractivity contribution in [1.82, 2.24) is 9.72 Å². The molecule has 0 aliphatic carbocycles. The van der Waals surface area contributed by atoms with Crippen LogP contribution >= 0.6 is 0 Å². The van der Waals surface area contributed by atoms with E-state index in [1.165, 1.54) is 6.07 Å². The number of carboxylic acid groups (broad SMARTS) is 1. The summed E-state index contributed by atoms with van der Waals surface area (Å²) in [5, 5.41) is 13.4. The number of hydrogen-bond donors (Lipinski definition) is 1. The first-order valence-electron chi connectivity index (χ1n) is 5.94. The standard InChI is InChI=1S/C14H12N2O4/c1-16-6-5-9-8(3-4-11(19-2)13(9)16)12-7-10(14(17)18)15-20-12/h3-7H,1-2H3,(H,17,18). The quantitative estimate of drug-likeness (QED) is 0.792. The number of aromatic nitrogens is 2. The van der Waals surface area contributed by atoms with E-state index >= 15 is 0 Å². The number of aryl methyl sites for hydroxylation is 1. The van der Waals surface area contributed by atoms with Crippen LogP contribution in [0.3, 0.4) is 0 Å². The van der Waals surface area contributed by atoms with Crippen molar-refractivity contribution in [2.75, 3.05) is 7.11 Å². The predicted molar refractivity (Wildman–Crippen MR) is 71.9 cm³/mol. The van der Waals surface area contributed by atoms with Crippen LogP contribution < -0.4 is 4.74 Å². The van der Waals surface area contributed by atoms with Gasteiger partial charge in [-0.05, 0) is 18.2 Å². The monoisotopic (exact) mass is 272 g/mol.